The standard InChI is InChI=1S/C26H35N3O4/c1-17(2)16-27-26(31)23-14-20(6-7-24(23)29-10-8-18(3)9-11-29)28-25(30)19-12-21(32-4)15-22(13-19)33-5/h6-7,12-15,17-18H,8-11,16H2,1-5H3,(H,27,31)(H,28,30). The van der Waals surface area contributed by atoms with Crippen molar-refractivity contribution >= 4 is 23.2 Å². The Morgan fingerprint density at radius 2 is 1.64 bits per heavy atom. The van der Waals surface area contributed by atoms with Gasteiger partial charge in [0, 0.05) is 42.6 Å². The maximum absolute atomic E-state index is 13.1. The molecule has 7 heteroatoms. The summed E-state index contributed by atoms with van der Waals surface area (Å²) >= 11 is 0. The first-order chi connectivity index (χ1) is 15.8. The Morgan fingerprint density at radius 3 is 2.21 bits per heavy atom. The van der Waals surface area contributed by atoms with E-state index in [0.717, 1.165) is 31.6 Å². The molecular weight excluding hydrogens is 418 g/mol. The molecule has 0 spiro atoms. The highest BCUT2D eigenvalue weighted by molar-refractivity contribution is 6.06. The summed E-state index contributed by atoms with van der Waals surface area (Å²) in [5.74, 6) is 1.67. The van der Waals surface area contributed by atoms with E-state index in [9.17, 15) is 9.59 Å². The molecule has 1 fully saturated rings. The largest absolute Gasteiger partial charge is 0.497 e. The van der Waals surface area contributed by atoms with Crippen molar-refractivity contribution in [2.45, 2.75) is 33.6 Å². The Hall–Kier alpha value is -3.22. The summed E-state index contributed by atoms with van der Waals surface area (Å²) in [6.45, 7) is 8.82. The molecular formula is C26H35N3O4. The number of ether oxygens (including phenoxy) is 2. The van der Waals surface area contributed by atoms with Gasteiger partial charge in [0.1, 0.15) is 11.5 Å². The number of methoxy groups -OCH3 is 2. The second-order valence-electron chi connectivity index (χ2n) is 9.06. The fourth-order valence-electron chi connectivity index (χ4n) is 3.85. The molecule has 2 N–H and O–H groups in total. The van der Waals surface area contributed by atoms with Crippen molar-refractivity contribution in [2.24, 2.45) is 11.8 Å². The number of carbonyl (C=O) groups is 2. The van der Waals surface area contributed by atoms with Crippen molar-refractivity contribution in [3.8, 4) is 11.5 Å². The van der Waals surface area contributed by atoms with Gasteiger partial charge in [-0.2, -0.15) is 0 Å². The fraction of sp³-hybridized carbons (Fsp3) is 0.462. The second-order valence-corrected chi connectivity index (χ2v) is 9.06. The van der Waals surface area contributed by atoms with Gasteiger partial charge >= 0.3 is 0 Å². The minimum Gasteiger partial charge on any atom is -0.497 e. The number of nitrogens with one attached hydrogen (secondary N) is 2. The smallest absolute Gasteiger partial charge is 0.255 e. The molecule has 1 aliphatic rings. The van der Waals surface area contributed by atoms with E-state index in [2.05, 4.69) is 36.3 Å². The highest BCUT2D eigenvalue weighted by Crippen LogP contribution is 2.29. The van der Waals surface area contributed by atoms with Crippen molar-refractivity contribution in [1.29, 1.82) is 0 Å². The van der Waals surface area contributed by atoms with Crippen LogP contribution in [-0.2, 0) is 0 Å². The number of piperidine rings is 1. The van der Waals surface area contributed by atoms with Crippen LogP contribution in [0.1, 0.15) is 54.3 Å². The van der Waals surface area contributed by atoms with Crippen LogP contribution < -0.4 is 25.0 Å². The number of anilines is 2. The minimum absolute atomic E-state index is 0.128. The van der Waals surface area contributed by atoms with Gasteiger partial charge in [0.2, 0.25) is 0 Å². The van der Waals surface area contributed by atoms with Gasteiger partial charge in [-0.25, -0.2) is 0 Å². The molecule has 0 atom stereocenters. The van der Waals surface area contributed by atoms with E-state index < -0.39 is 0 Å². The molecule has 0 bridgehead atoms. The van der Waals surface area contributed by atoms with Gasteiger partial charge < -0.3 is 25.0 Å². The SMILES string of the molecule is COc1cc(OC)cc(C(=O)Nc2ccc(N3CCC(C)CC3)c(C(=O)NCC(C)C)c2)c1. The normalized spacial score (nSPS) is 14.2. The minimum atomic E-state index is -0.305. The van der Waals surface area contributed by atoms with Gasteiger partial charge in [0.15, 0.2) is 0 Å². The lowest BCUT2D eigenvalue weighted by atomic mass is 9.97. The maximum atomic E-state index is 13.1. The first kappa shape index (κ1) is 24.4. The van der Waals surface area contributed by atoms with Gasteiger partial charge in [-0.05, 0) is 55.0 Å². The molecule has 1 heterocycles. The summed E-state index contributed by atoms with van der Waals surface area (Å²) < 4.78 is 10.5. The molecule has 7 nitrogen and oxygen atoms in total. The van der Waals surface area contributed by atoms with Crippen LogP contribution in [0, 0.1) is 11.8 Å². The first-order valence-corrected chi connectivity index (χ1v) is 11.5. The van der Waals surface area contributed by atoms with E-state index in [4.69, 9.17) is 9.47 Å². The molecule has 178 valence electrons. The van der Waals surface area contributed by atoms with Gasteiger partial charge in [-0.1, -0.05) is 20.8 Å². The van der Waals surface area contributed by atoms with Gasteiger partial charge in [0.25, 0.3) is 11.8 Å². The molecule has 1 saturated heterocycles. The molecule has 0 unspecified atom stereocenters. The van der Waals surface area contributed by atoms with E-state index in [1.165, 1.54) is 0 Å². The average molecular weight is 454 g/mol. The summed E-state index contributed by atoms with van der Waals surface area (Å²) in [5.41, 5.74) is 2.45. The Labute approximate surface area is 196 Å². The zero-order valence-corrected chi connectivity index (χ0v) is 20.2. The van der Waals surface area contributed by atoms with Crippen molar-refractivity contribution in [2.75, 3.05) is 44.1 Å². The van der Waals surface area contributed by atoms with Crippen LogP contribution in [-0.4, -0.2) is 45.7 Å². The maximum Gasteiger partial charge on any atom is 0.255 e. The lowest BCUT2D eigenvalue weighted by molar-refractivity contribution is 0.0948. The lowest BCUT2D eigenvalue weighted by Crippen LogP contribution is -2.35. The second kappa shape index (κ2) is 11.1. The number of amides is 2. The fourth-order valence-corrected chi connectivity index (χ4v) is 3.85. The number of hydrogen-bond donors (Lipinski definition) is 2. The number of carbonyl (C=O) groups excluding carboxylic acids is 2. The van der Waals surface area contributed by atoms with Crippen LogP contribution in [0.3, 0.4) is 0 Å². The quantitative estimate of drug-likeness (QED) is 0.612. The first-order valence-electron chi connectivity index (χ1n) is 11.5. The lowest BCUT2D eigenvalue weighted by Gasteiger charge is -2.33. The Balaban J connectivity index is 1.87. The topological polar surface area (TPSA) is 79.9 Å². The van der Waals surface area contributed by atoms with E-state index in [-0.39, 0.29) is 11.8 Å². The number of hydrogen-bond acceptors (Lipinski definition) is 5. The summed E-state index contributed by atoms with van der Waals surface area (Å²) in [6.07, 6.45) is 2.20. The van der Waals surface area contributed by atoms with Crippen molar-refractivity contribution in [1.82, 2.24) is 5.32 Å². The monoisotopic (exact) mass is 453 g/mol. The van der Waals surface area contributed by atoms with E-state index in [0.29, 0.717) is 46.7 Å². The van der Waals surface area contributed by atoms with Crippen molar-refractivity contribution in [3.05, 3.63) is 47.5 Å². The number of benzene rings is 2. The molecule has 2 amide bonds. The van der Waals surface area contributed by atoms with Crippen LogP contribution >= 0.6 is 0 Å². The molecule has 0 saturated carbocycles. The van der Waals surface area contributed by atoms with Crippen molar-refractivity contribution in [3.63, 3.8) is 0 Å². The summed E-state index contributed by atoms with van der Waals surface area (Å²) in [5, 5.41) is 5.93. The Kier molecular flexibility index (Phi) is 8.20. The van der Waals surface area contributed by atoms with Crippen LogP contribution in [0.5, 0.6) is 11.5 Å². The third kappa shape index (κ3) is 6.40. The van der Waals surface area contributed by atoms with E-state index >= 15 is 0 Å². The van der Waals surface area contributed by atoms with Crippen LogP contribution in [0.15, 0.2) is 36.4 Å². The average Bonchev–Trinajstić information content (AvgIpc) is 2.82. The van der Waals surface area contributed by atoms with Crippen LogP contribution in [0.25, 0.3) is 0 Å². The molecule has 2 aromatic carbocycles. The van der Waals surface area contributed by atoms with Gasteiger partial charge in [0.05, 0.1) is 19.8 Å². The van der Waals surface area contributed by atoms with E-state index in [1.54, 1.807) is 38.5 Å². The highest BCUT2D eigenvalue weighted by Gasteiger charge is 2.22. The molecule has 0 radical (unpaired) electrons. The Bertz CT molecular complexity index is 959. The molecule has 0 aliphatic carbocycles. The Morgan fingerprint density at radius 1 is 1.00 bits per heavy atom. The highest BCUT2D eigenvalue weighted by atomic mass is 16.5. The van der Waals surface area contributed by atoms with E-state index in [1.807, 2.05) is 12.1 Å². The third-order valence-corrected chi connectivity index (χ3v) is 5.91. The zero-order chi connectivity index (χ0) is 24.0. The third-order valence-electron chi connectivity index (χ3n) is 5.91. The van der Waals surface area contributed by atoms with Crippen LogP contribution in [0.4, 0.5) is 11.4 Å². The molecule has 33 heavy (non-hydrogen) atoms. The summed E-state index contributed by atoms with van der Waals surface area (Å²) in [7, 11) is 3.08. The predicted molar refractivity (Wildman–Crippen MR) is 132 cm³/mol. The molecule has 3 rings (SSSR count). The predicted octanol–water partition coefficient (Wildman–Crippen LogP) is 4.58. The van der Waals surface area contributed by atoms with Gasteiger partial charge in [-0.15, -0.1) is 0 Å². The molecule has 0 aromatic heterocycles. The summed E-state index contributed by atoms with van der Waals surface area (Å²) in [4.78, 5) is 28.3. The number of rotatable bonds is 8. The van der Waals surface area contributed by atoms with Crippen molar-refractivity contribution < 1.29 is 19.1 Å². The van der Waals surface area contributed by atoms with Gasteiger partial charge in [-0.3, -0.25) is 9.59 Å². The number of nitrogens with zero attached hydrogens (tertiary/aromatic N) is 1. The zero-order valence-electron chi connectivity index (χ0n) is 20.2. The summed E-state index contributed by atoms with van der Waals surface area (Å²) in [6, 6.07) is 10.6. The van der Waals surface area contributed by atoms with Crippen LogP contribution in [0.2, 0.25) is 0 Å². The molecule has 1 aliphatic heterocycles. The molecule has 2 aromatic rings.